The maximum absolute atomic E-state index is 5.68. The van der Waals surface area contributed by atoms with Crippen LogP contribution in [-0.2, 0) is 11.2 Å². The topological polar surface area (TPSA) is 24.5 Å². The van der Waals surface area contributed by atoms with Crippen molar-refractivity contribution in [3.63, 3.8) is 0 Å². The first kappa shape index (κ1) is 15.0. The molecule has 2 atom stereocenters. The van der Waals surface area contributed by atoms with Gasteiger partial charge in [0.15, 0.2) is 0 Å². The number of nitrogens with one attached hydrogen (secondary N) is 1. The van der Waals surface area contributed by atoms with E-state index in [9.17, 15) is 0 Å². The second-order valence-electron chi connectivity index (χ2n) is 6.40. The Morgan fingerprint density at radius 1 is 1.19 bits per heavy atom. The molecule has 2 unspecified atom stereocenters. The summed E-state index contributed by atoms with van der Waals surface area (Å²) in [6.45, 7) is 5.72. The summed E-state index contributed by atoms with van der Waals surface area (Å²) in [5.41, 5.74) is 1.45. The summed E-state index contributed by atoms with van der Waals surface area (Å²) < 4.78 is 5.68. The number of nitrogens with zero attached hydrogens (tertiary/aromatic N) is 1. The highest BCUT2D eigenvalue weighted by Gasteiger charge is 2.22. The van der Waals surface area contributed by atoms with Gasteiger partial charge >= 0.3 is 0 Å². The molecule has 0 bridgehead atoms. The van der Waals surface area contributed by atoms with Crippen molar-refractivity contribution in [2.24, 2.45) is 0 Å². The average Bonchev–Trinajstić information content (AvgIpc) is 3.18. The number of hydrogen-bond donors (Lipinski definition) is 1. The predicted octanol–water partition coefficient (Wildman–Crippen LogP) is 2.46. The van der Waals surface area contributed by atoms with E-state index in [-0.39, 0.29) is 0 Å². The van der Waals surface area contributed by atoms with Crippen LogP contribution >= 0.6 is 0 Å². The minimum absolute atomic E-state index is 0.521. The molecule has 0 aliphatic carbocycles. The lowest BCUT2D eigenvalue weighted by atomic mass is 10.1. The van der Waals surface area contributed by atoms with Crippen molar-refractivity contribution in [3.8, 4) is 0 Å². The molecule has 0 amide bonds. The Labute approximate surface area is 128 Å². The highest BCUT2D eigenvalue weighted by atomic mass is 16.5. The predicted molar refractivity (Wildman–Crippen MR) is 86.6 cm³/mol. The van der Waals surface area contributed by atoms with Crippen molar-refractivity contribution in [1.29, 1.82) is 0 Å². The zero-order valence-electron chi connectivity index (χ0n) is 13.0. The zero-order chi connectivity index (χ0) is 14.3. The van der Waals surface area contributed by atoms with E-state index in [1.807, 2.05) is 0 Å². The molecule has 116 valence electrons. The molecule has 2 aliphatic heterocycles. The zero-order valence-corrected chi connectivity index (χ0v) is 13.0. The second-order valence-corrected chi connectivity index (χ2v) is 6.40. The van der Waals surface area contributed by atoms with Crippen molar-refractivity contribution < 1.29 is 4.74 Å². The van der Waals surface area contributed by atoms with Crippen LogP contribution in [0.2, 0.25) is 0 Å². The molecule has 0 aromatic heterocycles. The van der Waals surface area contributed by atoms with Crippen LogP contribution in [0.5, 0.6) is 0 Å². The number of hydrogen-bond acceptors (Lipinski definition) is 3. The molecule has 0 radical (unpaired) electrons. The van der Waals surface area contributed by atoms with Crippen LogP contribution in [0.3, 0.4) is 0 Å². The van der Waals surface area contributed by atoms with Gasteiger partial charge in [-0.2, -0.15) is 0 Å². The molecule has 21 heavy (non-hydrogen) atoms. The van der Waals surface area contributed by atoms with E-state index >= 15 is 0 Å². The molecule has 1 aromatic carbocycles. The highest BCUT2D eigenvalue weighted by molar-refractivity contribution is 5.14. The quantitative estimate of drug-likeness (QED) is 0.834. The summed E-state index contributed by atoms with van der Waals surface area (Å²) in [5, 5.41) is 3.71. The Balaban J connectivity index is 1.30. The van der Waals surface area contributed by atoms with Gasteiger partial charge < -0.3 is 15.0 Å². The first-order valence-electron chi connectivity index (χ1n) is 8.51. The third-order valence-electron chi connectivity index (χ3n) is 4.76. The van der Waals surface area contributed by atoms with Crippen molar-refractivity contribution >= 4 is 0 Å². The van der Waals surface area contributed by atoms with E-state index in [4.69, 9.17) is 4.74 Å². The van der Waals surface area contributed by atoms with Crippen LogP contribution in [-0.4, -0.2) is 49.8 Å². The number of rotatable bonds is 7. The maximum atomic E-state index is 5.68. The van der Waals surface area contributed by atoms with Gasteiger partial charge in [0.05, 0.1) is 6.10 Å². The molecular formula is C18H28N2O. The van der Waals surface area contributed by atoms with Crippen molar-refractivity contribution in [1.82, 2.24) is 10.2 Å². The van der Waals surface area contributed by atoms with Gasteiger partial charge in [-0.25, -0.2) is 0 Å². The van der Waals surface area contributed by atoms with E-state index < -0.39 is 0 Å². The minimum atomic E-state index is 0.521. The molecule has 2 heterocycles. The van der Waals surface area contributed by atoms with Crippen molar-refractivity contribution in [3.05, 3.63) is 35.9 Å². The second kappa shape index (κ2) is 7.92. The normalized spacial score (nSPS) is 26.5. The minimum Gasteiger partial charge on any atom is -0.378 e. The Morgan fingerprint density at radius 2 is 2.10 bits per heavy atom. The molecule has 1 N–H and O–H groups in total. The van der Waals surface area contributed by atoms with Crippen LogP contribution in [0, 0.1) is 0 Å². The molecule has 2 aliphatic rings. The van der Waals surface area contributed by atoms with Gasteiger partial charge in [0.2, 0.25) is 0 Å². The number of benzene rings is 1. The molecule has 3 rings (SSSR count). The summed E-state index contributed by atoms with van der Waals surface area (Å²) in [6, 6.07) is 11.5. The first-order valence-corrected chi connectivity index (χ1v) is 8.51. The lowest BCUT2D eigenvalue weighted by Crippen LogP contribution is -2.34. The first-order chi connectivity index (χ1) is 10.4. The Kier molecular flexibility index (Phi) is 5.67. The van der Waals surface area contributed by atoms with Crippen molar-refractivity contribution in [2.45, 2.75) is 44.2 Å². The Hall–Kier alpha value is -0.900. The fourth-order valence-electron chi connectivity index (χ4n) is 3.45. The van der Waals surface area contributed by atoms with Gasteiger partial charge in [-0.05, 0) is 50.8 Å². The van der Waals surface area contributed by atoms with E-state index in [1.54, 1.807) is 0 Å². The summed E-state index contributed by atoms with van der Waals surface area (Å²) in [4.78, 5) is 2.59. The smallest absolute Gasteiger partial charge is 0.0588 e. The molecule has 3 heteroatoms. The summed E-state index contributed by atoms with van der Waals surface area (Å²) >= 11 is 0. The third kappa shape index (κ3) is 4.80. The molecular weight excluding hydrogens is 260 g/mol. The van der Waals surface area contributed by atoms with E-state index in [0.717, 1.165) is 13.2 Å². The lowest BCUT2D eigenvalue weighted by Gasteiger charge is -2.17. The standard InChI is InChI=1S/C18H28N2O/c1-2-5-16(6-3-1)9-12-20-13-10-17(15-20)19-11-8-18-7-4-14-21-18/h1-3,5-6,17-19H,4,7-15H2. The van der Waals surface area contributed by atoms with E-state index in [0.29, 0.717) is 12.1 Å². The third-order valence-corrected chi connectivity index (χ3v) is 4.76. The van der Waals surface area contributed by atoms with Gasteiger partial charge in [0, 0.05) is 25.7 Å². The molecule has 0 spiro atoms. The van der Waals surface area contributed by atoms with Crippen LogP contribution < -0.4 is 5.32 Å². The Bertz CT molecular complexity index is 403. The molecule has 3 nitrogen and oxygen atoms in total. The van der Waals surface area contributed by atoms with E-state index in [2.05, 4.69) is 40.5 Å². The lowest BCUT2D eigenvalue weighted by molar-refractivity contribution is 0.103. The maximum Gasteiger partial charge on any atom is 0.0588 e. The number of ether oxygens (including phenoxy) is 1. The average molecular weight is 288 g/mol. The Morgan fingerprint density at radius 3 is 2.90 bits per heavy atom. The molecule has 0 saturated carbocycles. The summed E-state index contributed by atoms with van der Waals surface area (Å²) in [5.74, 6) is 0. The van der Waals surface area contributed by atoms with Gasteiger partial charge in [-0.1, -0.05) is 30.3 Å². The van der Waals surface area contributed by atoms with Crippen LogP contribution in [0.1, 0.15) is 31.2 Å². The van der Waals surface area contributed by atoms with Gasteiger partial charge in [0.25, 0.3) is 0 Å². The van der Waals surface area contributed by atoms with Crippen LogP contribution in [0.25, 0.3) is 0 Å². The fraction of sp³-hybridized carbons (Fsp3) is 0.667. The number of likely N-dealkylation sites (tertiary alicyclic amines) is 1. The van der Waals surface area contributed by atoms with Crippen LogP contribution in [0.15, 0.2) is 30.3 Å². The fourth-order valence-corrected chi connectivity index (χ4v) is 3.45. The van der Waals surface area contributed by atoms with Crippen molar-refractivity contribution in [2.75, 3.05) is 32.8 Å². The molecule has 1 aromatic rings. The monoisotopic (exact) mass is 288 g/mol. The van der Waals surface area contributed by atoms with E-state index in [1.165, 1.54) is 57.3 Å². The summed E-state index contributed by atoms with van der Waals surface area (Å²) in [7, 11) is 0. The molecule has 2 fully saturated rings. The van der Waals surface area contributed by atoms with Gasteiger partial charge in [-0.15, -0.1) is 0 Å². The molecule has 2 saturated heterocycles. The summed E-state index contributed by atoms with van der Waals surface area (Å²) in [6.07, 6.45) is 6.68. The largest absolute Gasteiger partial charge is 0.378 e. The van der Waals surface area contributed by atoms with Gasteiger partial charge in [-0.3, -0.25) is 0 Å². The van der Waals surface area contributed by atoms with Crippen LogP contribution in [0.4, 0.5) is 0 Å². The van der Waals surface area contributed by atoms with Gasteiger partial charge in [0.1, 0.15) is 0 Å². The SMILES string of the molecule is c1ccc(CCN2CCC(NCCC3CCCO3)C2)cc1. The highest BCUT2D eigenvalue weighted by Crippen LogP contribution is 2.15.